The van der Waals surface area contributed by atoms with Gasteiger partial charge >= 0.3 is 0 Å². The largest absolute Gasteiger partial charge is 0.493 e. The number of methoxy groups -OCH3 is 1. The van der Waals surface area contributed by atoms with E-state index in [0.717, 1.165) is 42.6 Å². The van der Waals surface area contributed by atoms with Crippen molar-refractivity contribution in [1.82, 2.24) is 4.90 Å². The Kier molecular flexibility index (Phi) is 7.30. The number of hydrogen-bond acceptors (Lipinski definition) is 6. The van der Waals surface area contributed by atoms with E-state index in [-0.39, 0.29) is 34.9 Å². The lowest BCUT2D eigenvalue weighted by Gasteiger charge is -2.42. The molecular weight excluding hydrogens is 504 g/mol. The van der Waals surface area contributed by atoms with Gasteiger partial charge in [0.05, 0.1) is 12.1 Å². The highest BCUT2D eigenvalue weighted by Gasteiger charge is 2.42. The summed E-state index contributed by atoms with van der Waals surface area (Å²) in [6, 6.07) is 11.0. The summed E-state index contributed by atoms with van der Waals surface area (Å²) in [6.07, 6.45) is 4.10. The number of carbonyl (C=O) groups excluding carboxylic acids is 3. The summed E-state index contributed by atoms with van der Waals surface area (Å²) in [5, 5.41) is 3.04. The van der Waals surface area contributed by atoms with E-state index in [4.69, 9.17) is 21.1 Å². The highest BCUT2D eigenvalue weighted by molar-refractivity contribution is 6.32. The lowest BCUT2D eigenvalue weighted by molar-refractivity contribution is -0.118. The summed E-state index contributed by atoms with van der Waals surface area (Å²) in [5.41, 5.74) is 5.81. The van der Waals surface area contributed by atoms with E-state index in [1.807, 2.05) is 38.2 Å². The summed E-state index contributed by atoms with van der Waals surface area (Å²) in [7, 11) is 3.46. The van der Waals surface area contributed by atoms with Gasteiger partial charge in [-0.15, -0.1) is 0 Å². The summed E-state index contributed by atoms with van der Waals surface area (Å²) in [5.74, 6) is -0.130. The Bertz CT molecular complexity index is 1330. The molecular formula is C30H31ClN2O5. The number of carbonyl (C=O) groups is 3. The highest BCUT2D eigenvalue weighted by Crippen LogP contribution is 2.50. The Balaban J connectivity index is 1.47. The molecule has 0 saturated carbocycles. The topological polar surface area (TPSA) is 84.9 Å². The Morgan fingerprint density at radius 3 is 2.18 bits per heavy atom. The SMILES string of the molecule is COc1cc(C2C3=C(CCCC3=O)N(C)C3=C2C(=O)CCC3)cc(Cl)c1OCC(=O)Nc1ccc(C)cc1. The number of ketones is 2. The van der Waals surface area contributed by atoms with E-state index in [1.54, 1.807) is 12.1 Å². The van der Waals surface area contributed by atoms with E-state index in [9.17, 15) is 14.4 Å². The molecule has 5 rings (SSSR count). The van der Waals surface area contributed by atoms with Crippen LogP contribution in [0.25, 0.3) is 0 Å². The van der Waals surface area contributed by atoms with Crippen molar-refractivity contribution in [2.24, 2.45) is 0 Å². The van der Waals surface area contributed by atoms with Crippen LogP contribution in [-0.2, 0) is 14.4 Å². The van der Waals surface area contributed by atoms with Gasteiger partial charge in [-0.1, -0.05) is 29.3 Å². The van der Waals surface area contributed by atoms with Crippen LogP contribution in [0.4, 0.5) is 5.69 Å². The molecule has 2 aromatic carbocycles. The monoisotopic (exact) mass is 534 g/mol. The molecule has 0 atom stereocenters. The van der Waals surface area contributed by atoms with Gasteiger partial charge in [0.2, 0.25) is 0 Å². The molecule has 8 heteroatoms. The van der Waals surface area contributed by atoms with Crippen LogP contribution in [0.15, 0.2) is 58.9 Å². The average Bonchev–Trinajstić information content (AvgIpc) is 2.90. The fraction of sp³-hybridized carbons (Fsp3) is 0.367. The van der Waals surface area contributed by atoms with Crippen molar-refractivity contribution < 1.29 is 23.9 Å². The van der Waals surface area contributed by atoms with E-state index >= 15 is 0 Å². The zero-order chi connectivity index (χ0) is 27.0. The Morgan fingerprint density at radius 2 is 1.61 bits per heavy atom. The van der Waals surface area contributed by atoms with Gasteiger partial charge in [0.1, 0.15) is 0 Å². The Hall–Kier alpha value is -3.58. The van der Waals surface area contributed by atoms with Crippen LogP contribution in [0.1, 0.15) is 55.6 Å². The maximum atomic E-state index is 13.2. The zero-order valence-corrected chi connectivity index (χ0v) is 22.6. The number of allylic oxidation sites excluding steroid dienone is 4. The van der Waals surface area contributed by atoms with Gasteiger partial charge in [0.15, 0.2) is 29.7 Å². The van der Waals surface area contributed by atoms with Crippen LogP contribution < -0.4 is 14.8 Å². The molecule has 1 amide bonds. The van der Waals surface area contributed by atoms with Gasteiger partial charge in [0, 0.05) is 54.0 Å². The van der Waals surface area contributed by atoms with Gasteiger partial charge in [0.25, 0.3) is 5.91 Å². The standard InChI is InChI=1S/C30H31ClN2O5/c1-17-10-12-19(13-11-17)32-26(36)16-38-30-20(31)14-18(15-25(30)37-3)27-28-21(6-4-8-23(28)34)33(2)22-7-5-9-24(35)29(22)27/h10-15,27H,4-9,16H2,1-3H3,(H,32,36). The molecule has 0 unspecified atom stereocenters. The molecule has 0 spiro atoms. The predicted octanol–water partition coefficient (Wildman–Crippen LogP) is 5.72. The van der Waals surface area contributed by atoms with Gasteiger partial charge in [-0.25, -0.2) is 0 Å². The Morgan fingerprint density at radius 1 is 1.00 bits per heavy atom. The van der Waals surface area contributed by atoms with Crippen LogP contribution in [0, 0.1) is 6.92 Å². The minimum atomic E-state index is -0.498. The number of amides is 1. The second-order valence-electron chi connectivity index (χ2n) is 10.0. The molecule has 2 aromatic rings. The molecule has 0 radical (unpaired) electrons. The number of nitrogens with one attached hydrogen (secondary N) is 1. The quantitative estimate of drug-likeness (QED) is 0.510. The lowest BCUT2D eigenvalue weighted by atomic mass is 9.71. The third kappa shape index (κ3) is 4.83. The number of benzene rings is 2. The third-order valence-electron chi connectivity index (χ3n) is 7.51. The number of halogens is 1. The molecule has 1 N–H and O–H groups in total. The number of aryl methyl sites for hydroxylation is 1. The van der Waals surface area contributed by atoms with E-state index < -0.39 is 5.92 Å². The fourth-order valence-electron chi connectivity index (χ4n) is 5.70. The first kappa shape index (κ1) is 26.0. The summed E-state index contributed by atoms with van der Waals surface area (Å²) in [4.78, 5) is 41.0. The van der Waals surface area contributed by atoms with E-state index in [1.165, 1.54) is 7.11 Å². The van der Waals surface area contributed by atoms with Crippen LogP contribution in [0.3, 0.4) is 0 Å². The second-order valence-corrected chi connectivity index (χ2v) is 10.4. The first-order valence-electron chi connectivity index (χ1n) is 12.9. The Labute approximate surface area is 227 Å². The first-order valence-corrected chi connectivity index (χ1v) is 13.3. The number of rotatable bonds is 6. The van der Waals surface area contributed by atoms with Gasteiger partial charge < -0.3 is 19.7 Å². The number of nitrogens with zero attached hydrogens (tertiary/aromatic N) is 1. The van der Waals surface area contributed by atoms with Crippen LogP contribution in [0.2, 0.25) is 5.02 Å². The second kappa shape index (κ2) is 10.7. The molecule has 198 valence electrons. The van der Waals surface area contributed by atoms with E-state index in [2.05, 4.69) is 10.2 Å². The van der Waals surface area contributed by atoms with Crippen LogP contribution in [0.5, 0.6) is 11.5 Å². The smallest absolute Gasteiger partial charge is 0.262 e. The lowest BCUT2D eigenvalue weighted by Crippen LogP contribution is -2.37. The summed E-state index contributed by atoms with van der Waals surface area (Å²) in [6.45, 7) is 1.71. The molecule has 7 nitrogen and oxygen atoms in total. The minimum absolute atomic E-state index is 0.0659. The molecule has 0 bridgehead atoms. The van der Waals surface area contributed by atoms with Crippen molar-refractivity contribution >= 4 is 34.8 Å². The maximum absolute atomic E-state index is 13.2. The van der Waals surface area contributed by atoms with Crippen LogP contribution in [-0.4, -0.2) is 43.1 Å². The van der Waals surface area contributed by atoms with Crippen LogP contribution >= 0.6 is 11.6 Å². The van der Waals surface area contributed by atoms with Crippen molar-refractivity contribution in [3.05, 3.63) is 75.1 Å². The van der Waals surface area contributed by atoms with Gasteiger partial charge in [-0.05, 0) is 62.4 Å². The van der Waals surface area contributed by atoms with Gasteiger partial charge in [-0.3, -0.25) is 14.4 Å². The number of ether oxygens (including phenoxy) is 2. The third-order valence-corrected chi connectivity index (χ3v) is 7.79. The molecule has 0 aromatic heterocycles. The molecule has 0 saturated heterocycles. The van der Waals surface area contributed by atoms with Crippen molar-refractivity contribution in [2.75, 3.05) is 26.1 Å². The van der Waals surface area contributed by atoms with Crippen molar-refractivity contribution in [3.63, 3.8) is 0 Å². The molecule has 1 aliphatic heterocycles. The highest BCUT2D eigenvalue weighted by atomic mass is 35.5. The summed E-state index contributed by atoms with van der Waals surface area (Å²) >= 11 is 6.70. The van der Waals surface area contributed by atoms with Crippen molar-refractivity contribution in [3.8, 4) is 11.5 Å². The molecule has 2 aliphatic carbocycles. The number of Topliss-reactive ketones (excluding diaryl/α,β-unsaturated/α-hetero) is 2. The van der Waals surface area contributed by atoms with Gasteiger partial charge in [-0.2, -0.15) is 0 Å². The molecule has 0 fully saturated rings. The zero-order valence-electron chi connectivity index (χ0n) is 21.9. The average molecular weight is 535 g/mol. The number of anilines is 1. The fourth-order valence-corrected chi connectivity index (χ4v) is 5.98. The normalized spacial score (nSPS) is 17.8. The predicted molar refractivity (Wildman–Crippen MR) is 146 cm³/mol. The molecule has 38 heavy (non-hydrogen) atoms. The van der Waals surface area contributed by atoms with E-state index in [0.29, 0.717) is 41.0 Å². The number of hydrogen-bond donors (Lipinski definition) is 1. The minimum Gasteiger partial charge on any atom is -0.493 e. The van der Waals surface area contributed by atoms with Crippen molar-refractivity contribution in [1.29, 1.82) is 0 Å². The first-order chi connectivity index (χ1) is 18.3. The summed E-state index contributed by atoms with van der Waals surface area (Å²) < 4.78 is 11.4. The molecule has 3 aliphatic rings. The maximum Gasteiger partial charge on any atom is 0.262 e. The van der Waals surface area contributed by atoms with Crippen molar-refractivity contribution in [2.45, 2.75) is 51.4 Å². The molecule has 1 heterocycles.